The number of benzene rings is 1. The van der Waals surface area contributed by atoms with Crippen molar-refractivity contribution in [3.8, 4) is 0 Å². The Bertz CT molecular complexity index is 641. The Labute approximate surface area is 130 Å². The van der Waals surface area contributed by atoms with E-state index in [0.29, 0.717) is 6.04 Å². The highest BCUT2D eigenvalue weighted by Crippen LogP contribution is 2.31. The molecule has 1 aromatic heterocycles. The van der Waals surface area contributed by atoms with Gasteiger partial charge in [-0.25, -0.2) is 0 Å². The highest BCUT2D eigenvalue weighted by Gasteiger charge is 2.21. The van der Waals surface area contributed by atoms with Gasteiger partial charge in [-0.05, 0) is 56.7 Å². The molecule has 2 aromatic rings. The molecule has 3 nitrogen and oxygen atoms in total. The van der Waals surface area contributed by atoms with Crippen molar-refractivity contribution in [2.24, 2.45) is 0 Å². The van der Waals surface area contributed by atoms with Gasteiger partial charge in [0.2, 0.25) is 0 Å². The molecule has 1 saturated carbocycles. The molecule has 1 aromatic carbocycles. The summed E-state index contributed by atoms with van der Waals surface area (Å²) in [6.45, 7) is 2.05. The van der Waals surface area contributed by atoms with Crippen LogP contribution in [0.25, 0.3) is 10.9 Å². The van der Waals surface area contributed by atoms with Crippen LogP contribution in [-0.2, 0) is 0 Å². The van der Waals surface area contributed by atoms with Crippen molar-refractivity contribution in [1.29, 1.82) is 0 Å². The Morgan fingerprint density at radius 3 is 2.95 bits per heavy atom. The number of hydrogen-bond donors (Lipinski definition) is 2. The molecule has 0 aliphatic heterocycles. The van der Waals surface area contributed by atoms with Crippen LogP contribution < -0.4 is 11.1 Å². The van der Waals surface area contributed by atoms with Gasteiger partial charge in [-0.15, -0.1) is 0 Å². The van der Waals surface area contributed by atoms with E-state index in [4.69, 9.17) is 5.73 Å². The van der Waals surface area contributed by atoms with E-state index in [1.165, 1.54) is 31.4 Å². The van der Waals surface area contributed by atoms with Crippen LogP contribution in [0.2, 0.25) is 0 Å². The standard InChI is InChI=1S/C17H23N3S/c1-11-8-17(15-9-12(18)6-7-16(15)19-11)20-13-4-3-5-14(10-13)21-2/h6-9,13-14H,3-5,10,18H2,1-2H3,(H,19,20). The molecule has 21 heavy (non-hydrogen) atoms. The number of nitrogens with one attached hydrogen (secondary N) is 1. The lowest BCUT2D eigenvalue weighted by Crippen LogP contribution is -2.28. The molecule has 112 valence electrons. The molecule has 2 unspecified atom stereocenters. The third kappa shape index (κ3) is 3.26. The Morgan fingerprint density at radius 1 is 1.29 bits per heavy atom. The van der Waals surface area contributed by atoms with Gasteiger partial charge in [0.15, 0.2) is 0 Å². The second kappa shape index (κ2) is 6.14. The highest BCUT2D eigenvalue weighted by atomic mass is 32.2. The molecule has 3 rings (SSSR count). The molecule has 0 radical (unpaired) electrons. The van der Waals surface area contributed by atoms with Crippen LogP contribution in [0.15, 0.2) is 24.3 Å². The molecule has 0 saturated heterocycles. The van der Waals surface area contributed by atoms with Crippen LogP contribution in [0, 0.1) is 6.92 Å². The van der Waals surface area contributed by atoms with Crippen molar-refractivity contribution in [3.05, 3.63) is 30.0 Å². The zero-order chi connectivity index (χ0) is 14.8. The van der Waals surface area contributed by atoms with Gasteiger partial charge in [0.05, 0.1) is 5.52 Å². The molecule has 0 spiro atoms. The SMILES string of the molecule is CSC1CCCC(Nc2cc(C)nc3ccc(N)cc23)C1. The minimum Gasteiger partial charge on any atom is -0.399 e. The van der Waals surface area contributed by atoms with Crippen LogP contribution in [0.5, 0.6) is 0 Å². The maximum atomic E-state index is 5.95. The maximum absolute atomic E-state index is 5.95. The summed E-state index contributed by atoms with van der Waals surface area (Å²) in [5.41, 5.74) is 9.99. The summed E-state index contributed by atoms with van der Waals surface area (Å²) in [4.78, 5) is 4.60. The van der Waals surface area contributed by atoms with Gasteiger partial charge in [-0.2, -0.15) is 11.8 Å². The fourth-order valence-corrected chi connectivity index (χ4v) is 4.03. The van der Waals surface area contributed by atoms with E-state index in [9.17, 15) is 0 Å². The van der Waals surface area contributed by atoms with Crippen molar-refractivity contribution in [2.45, 2.75) is 43.9 Å². The van der Waals surface area contributed by atoms with Crippen LogP contribution in [0.1, 0.15) is 31.4 Å². The molecule has 0 amide bonds. The zero-order valence-corrected chi connectivity index (χ0v) is 13.5. The molecule has 2 atom stereocenters. The van der Waals surface area contributed by atoms with E-state index < -0.39 is 0 Å². The number of nitrogen functional groups attached to an aromatic ring is 1. The predicted molar refractivity (Wildman–Crippen MR) is 94.1 cm³/mol. The summed E-state index contributed by atoms with van der Waals surface area (Å²) in [6, 6.07) is 8.66. The lowest BCUT2D eigenvalue weighted by atomic mass is 9.94. The van der Waals surface area contributed by atoms with Gasteiger partial charge in [0, 0.05) is 33.7 Å². The van der Waals surface area contributed by atoms with Crippen molar-refractivity contribution in [1.82, 2.24) is 4.98 Å². The Kier molecular flexibility index (Phi) is 4.24. The van der Waals surface area contributed by atoms with Gasteiger partial charge in [-0.3, -0.25) is 4.98 Å². The van der Waals surface area contributed by atoms with Crippen LogP contribution in [-0.4, -0.2) is 22.5 Å². The molecule has 4 heteroatoms. The van der Waals surface area contributed by atoms with E-state index in [2.05, 4.69) is 22.6 Å². The first-order valence-corrected chi connectivity index (χ1v) is 8.90. The number of aromatic nitrogens is 1. The summed E-state index contributed by atoms with van der Waals surface area (Å²) in [5.74, 6) is 0. The van der Waals surface area contributed by atoms with Crippen LogP contribution >= 0.6 is 11.8 Å². The Hall–Kier alpha value is -1.42. The number of thioether (sulfide) groups is 1. The number of pyridine rings is 1. The van der Waals surface area contributed by atoms with E-state index in [1.54, 1.807) is 0 Å². The number of fused-ring (bicyclic) bond motifs is 1. The lowest BCUT2D eigenvalue weighted by Gasteiger charge is -2.30. The van der Waals surface area contributed by atoms with Crippen molar-refractivity contribution < 1.29 is 0 Å². The van der Waals surface area contributed by atoms with Crippen LogP contribution in [0.4, 0.5) is 11.4 Å². The molecule has 3 N–H and O–H groups in total. The second-order valence-electron chi connectivity index (χ2n) is 5.95. The zero-order valence-electron chi connectivity index (χ0n) is 12.7. The number of nitrogens with two attached hydrogens (primary N) is 1. The first-order chi connectivity index (χ1) is 10.2. The fraction of sp³-hybridized carbons (Fsp3) is 0.471. The molecule has 1 aliphatic carbocycles. The third-order valence-corrected chi connectivity index (χ3v) is 5.37. The summed E-state index contributed by atoms with van der Waals surface area (Å²) in [5, 5.41) is 5.67. The molecule has 1 fully saturated rings. The lowest BCUT2D eigenvalue weighted by molar-refractivity contribution is 0.474. The van der Waals surface area contributed by atoms with Crippen molar-refractivity contribution >= 4 is 34.0 Å². The molecular formula is C17H23N3S. The summed E-state index contributed by atoms with van der Waals surface area (Å²) < 4.78 is 0. The normalized spacial score (nSPS) is 22.4. The average molecular weight is 301 g/mol. The smallest absolute Gasteiger partial charge is 0.0727 e. The average Bonchev–Trinajstić information content (AvgIpc) is 2.48. The summed E-state index contributed by atoms with van der Waals surface area (Å²) in [6.07, 6.45) is 7.38. The van der Waals surface area contributed by atoms with E-state index >= 15 is 0 Å². The first kappa shape index (κ1) is 14.5. The quantitative estimate of drug-likeness (QED) is 0.834. The number of hydrogen-bond acceptors (Lipinski definition) is 4. The van der Waals surface area contributed by atoms with Gasteiger partial charge in [-0.1, -0.05) is 6.42 Å². The number of aryl methyl sites for hydroxylation is 1. The Morgan fingerprint density at radius 2 is 2.14 bits per heavy atom. The predicted octanol–water partition coefficient (Wildman–Crippen LogP) is 4.21. The number of anilines is 2. The first-order valence-electron chi connectivity index (χ1n) is 7.62. The molecule has 0 bridgehead atoms. The second-order valence-corrected chi connectivity index (χ2v) is 7.09. The molecular weight excluding hydrogens is 278 g/mol. The van der Waals surface area contributed by atoms with Crippen molar-refractivity contribution in [2.75, 3.05) is 17.3 Å². The van der Waals surface area contributed by atoms with Gasteiger partial charge in [0.25, 0.3) is 0 Å². The topological polar surface area (TPSA) is 50.9 Å². The van der Waals surface area contributed by atoms with E-state index in [0.717, 1.165) is 27.5 Å². The highest BCUT2D eigenvalue weighted by molar-refractivity contribution is 7.99. The van der Waals surface area contributed by atoms with Gasteiger partial charge in [0.1, 0.15) is 0 Å². The minimum absolute atomic E-state index is 0.558. The van der Waals surface area contributed by atoms with Crippen molar-refractivity contribution in [3.63, 3.8) is 0 Å². The monoisotopic (exact) mass is 301 g/mol. The summed E-state index contributed by atoms with van der Waals surface area (Å²) >= 11 is 2.00. The van der Waals surface area contributed by atoms with Gasteiger partial charge < -0.3 is 11.1 Å². The van der Waals surface area contributed by atoms with Gasteiger partial charge >= 0.3 is 0 Å². The largest absolute Gasteiger partial charge is 0.399 e. The van der Waals surface area contributed by atoms with E-state index in [-0.39, 0.29) is 0 Å². The summed E-state index contributed by atoms with van der Waals surface area (Å²) in [7, 11) is 0. The molecule has 1 aliphatic rings. The molecule has 1 heterocycles. The fourth-order valence-electron chi connectivity index (χ4n) is 3.21. The Balaban J connectivity index is 1.90. The number of nitrogens with zero attached hydrogens (tertiary/aromatic N) is 1. The maximum Gasteiger partial charge on any atom is 0.0727 e. The minimum atomic E-state index is 0.558. The number of rotatable bonds is 3. The van der Waals surface area contributed by atoms with Crippen LogP contribution in [0.3, 0.4) is 0 Å². The third-order valence-electron chi connectivity index (χ3n) is 4.28. The van der Waals surface area contributed by atoms with E-state index in [1.807, 2.05) is 36.9 Å².